The van der Waals surface area contributed by atoms with Crippen molar-refractivity contribution in [1.82, 2.24) is 0 Å². The molecule has 6 aromatic carbocycles. The Kier molecular flexibility index (Phi) is 5.83. The van der Waals surface area contributed by atoms with Gasteiger partial charge in [-0.25, -0.2) is 0 Å². The van der Waals surface area contributed by atoms with Crippen LogP contribution in [0.25, 0.3) is 66.1 Å². The minimum absolute atomic E-state index is 0.113. The molecule has 0 bridgehead atoms. The van der Waals surface area contributed by atoms with E-state index in [1.54, 1.807) is 0 Å². The average molecular weight is 545 g/mol. The summed E-state index contributed by atoms with van der Waals surface area (Å²) < 4.78 is 0. The summed E-state index contributed by atoms with van der Waals surface area (Å²) in [5.74, 6) is 0. The van der Waals surface area contributed by atoms with Crippen molar-refractivity contribution in [3.8, 4) is 44.5 Å². The van der Waals surface area contributed by atoms with Crippen LogP contribution >= 0.6 is 0 Å². The van der Waals surface area contributed by atoms with Crippen molar-refractivity contribution in [3.05, 3.63) is 119 Å². The maximum absolute atomic E-state index is 2.41. The number of rotatable bonds is 2. The van der Waals surface area contributed by atoms with Crippen LogP contribution in [-0.2, 0) is 10.8 Å². The van der Waals surface area contributed by atoms with Crippen LogP contribution in [-0.4, -0.2) is 0 Å². The van der Waals surface area contributed by atoms with Crippen LogP contribution in [0.5, 0.6) is 0 Å². The van der Waals surface area contributed by atoms with Crippen molar-refractivity contribution in [1.29, 1.82) is 0 Å². The summed E-state index contributed by atoms with van der Waals surface area (Å²) in [6.45, 7) is 18.2. The molecule has 7 rings (SSSR count). The highest BCUT2D eigenvalue weighted by Gasteiger charge is 2.31. The third-order valence-electron chi connectivity index (χ3n) is 9.34. The average Bonchev–Trinajstić information content (AvgIpc) is 3.28. The molecule has 0 unspecified atom stereocenters. The molecule has 0 nitrogen and oxygen atoms in total. The summed E-state index contributed by atoms with van der Waals surface area (Å²) in [6, 6.07) is 37.3. The zero-order valence-corrected chi connectivity index (χ0v) is 26.2. The van der Waals surface area contributed by atoms with Crippen molar-refractivity contribution in [2.24, 2.45) is 0 Å². The van der Waals surface area contributed by atoms with E-state index in [1.165, 1.54) is 88.3 Å². The molecule has 0 spiro atoms. The zero-order valence-electron chi connectivity index (χ0n) is 26.2. The maximum atomic E-state index is 2.41. The second kappa shape index (κ2) is 9.17. The first-order chi connectivity index (χ1) is 19.9. The second-order valence-electron chi connectivity index (χ2n) is 14.4. The van der Waals surface area contributed by atoms with Crippen LogP contribution < -0.4 is 0 Å². The van der Waals surface area contributed by atoms with Gasteiger partial charge in [-0.05, 0) is 107 Å². The van der Waals surface area contributed by atoms with Crippen molar-refractivity contribution < 1.29 is 0 Å². The standard InChI is InChI=1S/C42H40/c1-25-12-22-32-35(24-25)37(28-16-20-30(21-17-28)42(6,7)8)39-33-11-9-10-31-26(2)13-23-34(38(31)33)40(39)36(32)27-14-18-29(19-15-27)41(3,4)5/h9-24H,1-8H3. The maximum Gasteiger partial charge on any atom is -0.000741 e. The quantitative estimate of drug-likeness (QED) is 0.203. The van der Waals surface area contributed by atoms with Gasteiger partial charge >= 0.3 is 0 Å². The molecule has 0 heteroatoms. The Balaban J connectivity index is 1.65. The van der Waals surface area contributed by atoms with E-state index in [-0.39, 0.29) is 10.8 Å². The molecular weight excluding hydrogens is 504 g/mol. The molecule has 208 valence electrons. The number of hydrogen-bond donors (Lipinski definition) is 0. The fourth-order valence-electron chi connectivity index (χ4n) is 6.98. The molecule has 42 heavy (non-hydrogen) atoms. The van der Waals surface area contributed by atoms with Gasteiger partial charge in [0.1, 0.15) is 0 Å². The molecule has 0 atom stereocenters. The Labute approximate surface area is 251 Å². The van der Waals surface area contributed by atoms with Crippen LogP contribution in [0.2, 0.25) is 0 Å². The Morgan fingerprint density at radius 1 is 0.429 bits per heavy atom. The van der Waals surface area contributed by atoms with Crippen LogP contribution in [0.15, 0.2) is 97.1 Å². The summed E-state index contributed by atoms with van der Waals surface area (Å²) in [7, 11) is 0. The summed E-state index contributed by atoms with van der Waals surface area (Å²) in [6.07, 6.45) is 0. The summed E-state index contributed by atoms with van der Waals surface area (Å²) >= 11 is 0. The number of hydrogen-bond acceptors (Lipinski definition) is 0. The highest BCUT2D eigenvalue weighted by atomic mass is 14.3. The lowest BCUT2D eigenvalue weighted by Gasteiger charge is -2.23. The molecule has 0 heterocycles. The predicted molar refractivity (Wildman–Crippen MR) is 184 cm³/mol. The molecule has 0 saturated heterocycles. The van der Waals surface area contributed by atoms with E-state index >= 15 is 0 Å². The molecule has 0 amide bonds. The monoisotopic (exact) mass is 544 g/mol. The highest BCUT2D eigenvalue weighted by Crippen LogP contribution is 2.58. The molecule has 0 saturated carbocycles. The van der Waals surface area contributed by atoms with E-state index in [4.69, 9.17) is 0 Å². The lowest BCUT2D eigenvalue weighted by molar-refractivity contribution is 0.590. The SMILES string of the molecule is Cc1ccc2c(-c3ccc(C(C)(C)C)cc3)c3c(c(-c4ccc(C(C)(C)C)cc4)c2c1)-c1cccc2c(C)ccc-3c12. The normalized spacial score (nSPS) is 12.8. The van der Waals surface area contributed by atoms with Crippen molar-refractivity contribution in [3.63, 3.8) is 0 Å². The molecule has 0 fully saturated rings. The van der Waals surface area contributed by atoms with E-state index in [0.29, 0.717) is 0 Å². The Bertz CT molecular complexity index is 2020. The minimum Gasteiger partial charge on any atom is -0.0610 e. The lowest BCUT2D eigenvalue weighted by atomic mass is 9.80. The van der Waals surface area contributed by atoms with E-state index in [0.717, 1.165) is 0 Å². The van der Waals surface area contributed by atoms with Crippen LogP contribution in [0.3, 0.4) is 0 Å². The Morgan fingerprint density at radius 3 is 1.50 bits per heavy atom. The van der Waals surface area contributed by atoms with Gasteiger partial charge in [-0.3, -0.25) is 0 Å². The molecular formula is C42H40. The van der Waals surface area contributed by atoms with Gasteiger partial charge in [0.05, 0.1) is 0 Å². The molecule has 1 aliphatic carbocycles. The Hall–Kier alpha value is -4.16. The minimum atomic E-state index is 0.113. The fourth-order valence-corrected chi connectivity index (χ4v) is 6.98. The number of benzene rings is 6. The van der Waals surface area contributed by atoms with Gasteiger partial charge in [0, 0.05) is 0 Å². The summed E-state index contributed by atoms with van der Waals surface area (Å²) in [5.41, 5.74) is 16.3. The molecule has 0 aromatic heterocycles. The Morgan fingerprint density at radius 2 is 0.952 bits per heavy atom. The van der Waals surface area contributed by atoms with Gasteiger partial charge in [-0.1, -0.05) is 144 Å². The van der Waals surface area contributed by atoms with E-state index in [2.05, 4.69) is 152 Å². The smallest absolute Gasteiger partial charge is 0.000741 e. The zero-order chi connectivity index (χ0) is 29.6. The van der Waals surface area contributed by atoms with Gasteiger partial charge in [0.25, 0.3) is 0 Å². The molecule has 1 aliphatic rings. The van der Waals surface area contributed by atoms with Crippen LogP contribution in [0.4, 0.5) is 0 Å². The third kappa shape index (κ3) is 4.03. The van der Waals surface area contributed by atoms with Crippen molar-refractivity contribution >= 4 is 21.5 Å². The van der Waals surface area contributed by atoms with Crippen LogP contribution in [0, 0.1) is 13.8 Å². The van der Waals surface area contributed by atoms with E-state index in [9.17, 15) is 0 Å². The highest BCUT2D eigenvalue weighted by molar-refractivity contribution is 6.27. The van der Waals surface area contributed by atoms with E-state index < -0.39 is 0 Å². The van der Waals surface area contributed by atoms with Gasteiger partial charge in [0.2, 0.25) is 0 Å². The largest absolute Gasteiger partial charge is 0.0610 e. The first kappa shape index (κ1) is 26.7. The molecule has 0 radical (unpaired) electrons. The molecule has 0 aliphatic heterocycles. The van der Waals surface area contributed by atoms with Crippen LogP contribution in [0.1, 0.15) is 63.8 Å². The summed E-state index contributed by atoms with van der Waals surface area (Å²) in [5, 5.41) is 5.39. The first-order valence-corrected chi connectivity index (χ1v) is 15.3. The van der Waals surface area contributed by atoms with Crippen molar-refractivity contribution in [2.45, 2.75) is 66.2 Å². The van der Waals surface area contributed by atoms with Gasteiger partial charge < -0.3 is 0 Å². The van der Waals surface area contributed by atoms with Gasteiger partial charge in [-0.15, -0.1) is 0 Å². The van der Waals surface area contributed by atoms with E-state index in [1.807, 2.05) is 0 Å². The first-order valence-electron chi connectivity index (χ1n) is 15.3. The fraction of sp³-hybridized carbons (Fsp3) is 0.238. The molecule has 0 N–H and O–H groups in total. The van der Waals surface area contributed by atoms with Gasteiger partial charge in [0.15, 0.2) is 0 Å². The third-order valence-corrected chi connectivity index (χ3v) is 9.34. The van der Waals surface area contributed by atoms with Gasteiger partial charge in [-0.2, -0.15) is 0 Å². The molecule has 6 aromatic rings. The van der Waals surface area contributed by atoms with Crippen molar-refractivity contribution in [2.75, 3.05) is 0 Å². The number of fused-ring (bicyclic) bond motifs is 4. The summed E-state index contributed by atoms with van der Waals surface area (Å²) in [4.78, 5) is 0. The number of aryl methyl sites for hydroxylation is 2. The topological polar surface area (TPSA) is 0 Å². The lowest BCUT2D eigenvalue weighted by Crippen LogP contribution is -2.10. The second-order valence-corrected chi connectivity index (χ2v) is 14.4. The predicted octanol–water partition coefficient (Wildman–Crippen LogP) is 12.2.